The molecule has 0 aliphatic carbocycles. The molecule has 2 amide bonds. The van der Waals surface area contributed by atoms with Gasteiger partial charge in [-0.2, -0.15) is 0 Å². The van der Waals surface area contributed by atoms with E-state index in [0.29, 0.717) is 45.3 Å². The molecule has 0 radical (unpaired) electrons. The van der Waals surface area contributed by atoms with E-state index in [0.717, 1.165) is 12.0 Å². The zero-order valence-corrected chi connectivity index (χ0v) is 20.5. The van der Waals surface area contributed by atoms with Crippen LogP contribution in [0.25, 0.3) is 0 Å². The summed E-state index contributed by atoms with van der Waals surface area (Å²) in [5.41, 5.74) is 0.990. The Morgan fingerprint density at radius 1 is 1.24 bits per heavy atom. The van der Waals surface area contributed by atoms with Crippen molar-refractivity contribution in [1.29, 1.82) is 0 Å². The van der Waals surface area contributed by atoms with Gasteiger partial charge in [0.2, 0.25) is 11.8 Å². The normalized spacial score (nSPS) is 31.5. The first-order valence-electron chi connectivity index (χ1n) is 12.1. The highest BCUT2D eigenvalue weighted by Gasteiger charge is 2.77. The molecule has 4 rings (SSSR count). The highest BCUT2D eigenvalue weighted by molar-refractivity contribution is 8.02. The van der Waals surface area contributed by atoms with E-state index in [-0.39, 0.29) is 18.4 Å². The van der Waals surface area contributed by atoms with Crippen molar-refractivity contribution in [2.75, 3.05) is 19.7 Å². The quantitative estimate of drug-likeness (QED) is 0.369. The Hall–Kier alpha value is -2.32. The molecule has 5 atom stereocenters. The maximum Gasteiger partial charge on any atom is 0.308 e. The number of unbranched alkanes of at least 4 members (excludes halogenated alkanes) is 2. The summed E-state index contributed by atoms with van der Waals surface area (Å²) in [5.74, 6) is -2.77. The van der Waals surface area contributed by atoms with Crippen LogP contribution >= 0.6 is 11.8 Å². The molecule has 3 saturated heterocycles. The fourth-order valence-electron chi connectivity index (χ4n) is 6.26. The summed E-state index contributed by atoms with van der Waals surface area (Å²) in [6.45, 7) is 7.00. The molecule has 2 N–H and O–H groups in total. The molecule has 1 spiro atoms. The molecule has 8 heteroatoms. The Balaban J connectivity index is 1.70. The minimum Gasteiger partial charge on any atom is -0.481 e. The van der Waals surface area contributed by atoms with Gasteiger partial charge in [-0.1, -0.05) is 36.4 Å². The van der Waals surface area contributed by atoms with Crippen molar-refractivity contribution in [1.82, 2.24) is 9.80 Å². The summed E-state index contributed by atoms with van der Waals surface area (Å²) in [7, 11) is 0. The van der Waals surface area contributed by atoms with Crippen molar-refractivity contribution in [2.45, 2.75) is 61.1 Å². The molecule has 2 bridgehead atoms. The predicted octanol–water partition coefficient (Wildman–Crippen LogP) is 2.93. The zero-order chi connectivity index (χ0) is 24.5. The second kappa shape index (κ2) is 9.74. The van der Waals surface area contributed by atoms with Crippen LogP contribution in [-0.4, -0.2) is 73.0 Å². The number of nitrogens with zero attached hydrogens (tertiary/aromatic N) is 2. The van der Waals surface area contributed by atoms with Gasteiger partial charge in [0.1, 0.15) is 6.04 Å². The number of thioether (sulfide) groups is 1. The molecule has 1 aromatic carbocycles. The molecular weight excluding hydrogens is 452 g/mol. The number of aliphatic hydroxyl groups excluding tert-OH is 1. The van der Waals surface area contributed by atoms with Gasteiger partial charge < -0.3 is 20.0 Å². The molecule has 2 unspecified atom stereocenters. The predicted molar refractivity (Wildman–Crippen MR) is 131 cm³/mol. The van der Waals surface area contributed by atoms with Crippen LogP contribution in [0, 0.1) is 11.8 Å². The van der Waals surface area contributed by atoms with E-state index < -0.39 is 33.3 Å². The fourth-order valence-corrected chi connectivity index (χ4v) is 8.60. The van der Waals surface area contributed by atoms with Gasteiger partial charge in [0.15, 0.2) is 0 Å². The lowest BCUT2D eigenvalue weighted by molar-refractivity contribution is -0.150. The second-order valence-electron chi connectivity index (χ2n) is 9.87. The monoisotopic (exact) mass is 486 g/mol. The molecule has 34 heavy (non-hydrogen) atoms. The van der Waals surface area contributed by atoms with Crippen LogP contribution in [0.2, 0.25) is 0 Å². The van der Waals surface area contributed by atoms with Crippen molar-refractivity contribution >= 4 is 29.5 Å². The Kier molecular flexibility index (Phi) is 7.10. The standard InChI is InChI=1S/C26H34N2O5S/c1-3-14-27(17-18-10-6-4-7-11-18)23(31)21-26-13-12-25(2,34-26)20(24(32)33)19(26)22(30)28(21)15-8-5-9-16-29/h3-4,6-7,10-11,19-21,29H,1,5,8-9,12-17H2,2H3,(H,32,33)/t19-,20-,21?,25+,26?/m0/s1. The van der Waals surface area contributed by atoms with Crippen LogP contribution in [0.5, 0.6) is 0 Å². The van der Waals surface area contributed by atoms with E-state index in [4.69, 9.17) is 5.11 Å². The van der Waals surface area contributed by atoms with E-state index >= 15 is 0 Å². The maximum atomic E-state index is 14.2. The third kappa shape index (κ3) is 4.05. The lowest BCUT2D eigenvalue weighted by Gasteiger charge is -2.37. The number of hydrogen-bond acceptors (Lipinski definition) is 5. The smallest absolute Gasteiger partial charge is 0.308 e. The first-order chi connectivity index (χ1) is 16.3. The average molecular weight is 487 g/mol. The summed E-state index contributed by atoms with van der Waals surface area (Å²) >= 11 is 1.56. The molecule has 3 aliphatic rings. The first-order valence-corrected chi connectivity index (χ1v) is 12.9. The van der Waals surface area contributed by atoms with E-state index in [2.05, 4.69) is 6.58 Å². The number of carboxylic acid groups (broad SMARTS) is 1. The Morgan fingerprint density at radius 2 is 1.97 bits per heavy atom. The van der Waals surface area contributed by atoms with Crippen LogP contribution in [0.15, 0.2) is 43.0 Å². The lowest BCUT2D eigenvalue weighted by Crippen LogP contribution is -2.54. The van der Waals surface area contributed by atoms with E-state index in [1.807, 2.05) is 37.3 Å². The summed E-state index contributed by atoms with van der Waals surface area (Å²) in [6, 6.07) is 9.03. The number of benzene rings is 1. The van der Waals surface area contributed by atoms with Gasteiger partial charge in [0.25, 0.3) is 0 Å². The highest BCUT2D eigenvalue weighted by Crippen LogP contribution is 2.71. The molecule has 0 aromatic heterocycles. The van der Waals surface area contributed by atoms with Gasteiger partial charge in [-0.25, -0.2) is 0 Å². The molecule has 3 heterocycles. The summed E-state index contributed by atoms with van der Waals surface area (Å²) in [6.07, 6.45) is 5.08. The highest BCUT2D eigenvalue weighted by atomic mass is 32.2. The molecule has 184 valence electrons. The number of aliphatic hydroxyl groups is 1. The number of carboxylic acids is 1. The number of amides is 2. The van der Waals surface area contributed by atoms with Crippen molar-refractivity contribution in [3.8, 4) is 0 Å². The van der Waals surface area contributed by atoms with E-state index in [9.17, 15) is 19.5 Å². The topological polar surface area (TPSA) is 98.2 Å². The van der Waals surface area contributed by atoms with Crippen molar-refractivity contribution in [2.24, 2.45) is 11.8 Å². The zero-order valence-electron chi connectivity index (χ0n) is 19.7. The van der Waals surface area contributed by atoms with Crippen LogP contribution in [-0.2, 0) is 20.9 Å². The summed E-state index contributed by atoms with van der Waals surface area (Å²) < 4.78 is -1.27. The number of hydrogen-bond donors (Lipinski definition) is 2. The SMILES string of the molecule is C=CCN(Cc1ccccc1)C(=O)C1N(CCCCCO)C(=O)[C@@H]2[C@@H](C(=O)O)[C@@]3(C)CCC12S3. The van der Waals surface area contributed by atoms with Gasteiger partial charge in [0.05, 0.1) is 16.6 Å². The van der Waals surface area contributed by atoms with Crippen molar-refractivity contribution in [3.63, 3.8) is 0 Å². The summed E-state index contributed by atoms with van der Waals surface area (Å²) in [4.78, 5) is 43.7. The van der Waals surface area contributed by atoms with Crippen molar-refractivity contribution in [3.05, 3.63) is 48.6 Å². The molecule has 3 aliphatic heterocycles. The molecular formula is C26H34N2O5S. The Morgan fingerprint density at radius 3 is 2.62 bits per heavy atom. The number of aliphatic carboxylic acids is 1. The lowest BCUT2D eigenvalue weighted by atomic mass is 9.66. The number of rotatable bonds is 11. The Labute approximate surface area is 205 Å². The second-order valence-corrected chi connectivity index (χ2v) is 11.8. The molecule has 3 fully saturated rings. The molecule has 1 aromatic rings. The number of carbonyl (C=O) groups excluding carboxylic acids is 2. The van der Waals surface area contributed by atoms with Crippen LogP contribution in [0.3, 0.4) is 0 Å². The van der Waals surface area contributed by atoms with E-state index in [1.54, 1.807) is 27.6 Å². The summed E-state index contributed by atoms with van der Waals surface area (Å²) in [5, 5.41) is 19.2. The number of likely N-dealkylation sites (tertiary alicyclic amines) is 1. The van der Waals surface area contributed by atoms with Crippen LogP contribution < -0.4 is 0 Å². The third-order valence-corrected chi connectivity index (χ3v) is 9.70. The van der Waals surface area contributed by atoms with Gasteiger partial charge in [0, 0.05) is 31.0 Å². The van der Waals surface area contributed by atoms with Crippen molar-refractivity contribution < 1.29 is 24.6 Å². The number of fused-ring (bicyclic) bond motifs is 1. The molecule has 0 saturated carbocycles. The Bertz CT molecular complexity index is 956. The minimum absolute atomic E-state index is 0.0857. The van der Waals surface area contributed by atoms with Crippen LogP contribution in [0.1, 0.15) is 44.6 Å². The first kappa shape index (κ1) is 24.8. The van der Waals surface area contributed by atoms with Gasteiger partial charge in [-0.3, -0.25) is 14.4 Å². The maximum absolute atomic E-state index is 14.2. The largest absolute Gasteiger partial charge is 0.481 e. The van der Waals surface area contributed by atoms with Gasteiger partial charge in [-0.15, -0.1) is 18.3 Å². The fraction of sp³-hybridized carbons (Fsp3) is 0.577. The third-order valence-electron chi connectivity index (χ3n) is 7.71. The van der Waals surface area contributed by atoms with Gasteiger partial charge >= 0.3 is 5.97 Å². The minimum atomic E-state index is -0.949. The van der Waals surface area contributed by atoms with Gasteiger partial charge in [-0.05, 0) is 44.6 Å². The number of carbonyl (C=O) groups is 3. The molecule has 7 nitrogen and oxygen atoms in total. The average Bonchev–Trinajstić information content (AvgIpc) is 3.37. The van der Waals surface area contributed by atoms with E-state index in [1.165, 1.54) is 0 Å². The van der Waals surface area contributed by atoms with Crippen LogP contribution in [0.4, 0.5) is 0 Å².